The van der Waals surface area contributed by atoms with Crippen molar-refractivity contribution in [2.24, 2.45) is 5.84 Å². The largest absolute Gasteiger partial charge is 0.390 e. The second kappa shape index (κ2) is 4.94. The third-order valence-corrected chi connectivity index (χ3v) is 2.53. The van der Waals surface area contributed by atoms with Crippen LogP contribution in [0, 0.1) is 0 Å². The van der Waals surface area contributed by atoms with Crippen LogP contribution in [0.3, 0.4) is 0 Å². The van der Waals surface area contributed by atoms with Gasteiger partial charge >= 0.3 is 6.18 Å². The summed E-state index contributed by atoms with van der Waals surface area (Å²) < 4.78 is 56.9. The van der Waals surface area contributed by atoms with Gasteiger partial charge in [-0.2, -0.15) is 13.2 Å². The molecule has 1 atom stereocenters. The number of sulfone groups is 1. The van der Waals surface area contributed by atoms with Crippen molar-refractivity contribution in [1.29, 1.82) is 0 Å². The van der Waals surface area contributed by atoms with E-state index in [0.29, 0.717) is 0 Å². The molecule has 1 unspecified atom stereocenters. The standard InChI is InChI=1S/C6H13F3N2O2S/c1-14(12,13)3-2-5(11-10)4-6(7,8)9/h5,11H,2-4,10H2,1H3. The molecule has 0 rings (SSSR count). The summed E-state index contributed by atoms with van der Waals surface area (Å²) in [5.41, 5.74) is 1.95. The fourth-order valence-corrected chi connectivity index (χ4v) is 1.59. The zero-order valence-electron chi connectivity index (χ0n) is 7.63. The highest BCUT2D eigenvalue weighted by molar-refractivity contribution is 7.90. The summed E-state index contributed by atoms with van der Waals surface area (Å²) in [5, 5.41) is 0. The first-order valence-electron chi connectivity index (χ1n) is 3.84. The Kier molecular flexibility index (Phi) is 4.82. The lowest BCUT2D eigenvalue weighted by Crippen LogP contribution is -2.39. The Morgan fingerprint density at radius 2 is 1.93 bits per heavy atom. The molecule has 0 aromatic rings. The number of hydrogen-bond acceptors (Lipinski definition) is 4. The van der Waals surface area contributed by atoms with Gasteiger partial charge in [-0.25, -0.2) is 8.42 Å². The van der Waals surface area contributed by atoms with E-state index in [0.717, 1.165) is 6.26 Å². The van der Waals surface area contributed by atoms with Crippen LogP contribution in [-0.4, -0.2) is 32.6 Å². The average molecular weight is 234 g/mol. The molecule has 0 aromatic heterocycles. The Balaban J connectivity index is 4.05. The molecule has 0 aliphatic heterocycles. The smallest absolute Gasteiger partial charge is 0.271 e. The molecule has 0 aromatic carbocycles. The van der Waals surface area contributed by atoms with Crippen molar-refractivity contribution in [1.82, 2.24) is 5.43 Å². The molecule has 3 N–H and O–H groups in total. The van der Waals surface area contributed by atoms with Crippen LogP contribution < -0.4 is 11.3 Å². The van der Waals surface area contributed by atoms with Gasteiger partial charge in [0.25, 0.3) is 0 Å². The molecule has 0 spiro atoms. The van der Waals surface area contributed by atoms with Crippen LogP contribution in [-0.2, 0) is 9.84 Å². The molecule has 0 radical (unpaired) electrons. The maximum absolute atomic E-state index is 11.9. The van der Waals surface area contributed by atoms with Crippen molar-refractivity contribution in [2.45, 2.75) is 25.1 Å². The van der Waals surface area contributed by atoms with Crippen LogP contribution in [0.15, 0.2) is 0 Å². The van der Waals surface area contributed by atoms with E-state index in [2.05, 4.69) is 0 Å². The lowest BCUT2D eigenvalue weighted by molar-refractivity contribution is -0.140. The van der Waals surface area contributed by atoms with Crippen molar-refractivity contribution in [2.75, 3.05) is 12.0 Å². The molecule has 0 aliphatic carbocycles. The minimum absolute atomic E-state index is 0.144. The zero-order valence-corrected chi connectivity index (χ0v) is 8.45. The molecule has 0 bridgehead atoms. The first kappa shape index (κ1) is 13.7. The summed E-state index contributed by atoms with van der Waals surface area (Å²) in [6.45, 7) is 0. The Morgan fingerprint density at radius 1 is 1.43 bits per heavy atom. The van der Waals surface area contributed by atoms with Gasteiger partial charge in [0.1, 0.15) is 9.84 Å². The first-order valence-corrected chi connectivity index (χ1v) is 5.91. The van der Waals surface area contributed by atoms with E-state index >= 15 is 0 Å². The van der Waals surface area contributed by atoms with Gasteiger partial charge in [0, 0.05) is 12.3 Å². The molecule has 0 amide bonds. The quantitative estimate of drug-likeness (QED) is 0.526. The summed E-state index contributed by atoms with van der Waals surface area (Å²) >= 11 is 0. The van der Waals surface area contributed by atoms with Crippen molar-refractivity contribution in [3.8, 4) is 0 Å². The van der Waals surface area contributed by atoms with E-state index in [9.17, 15) is 21.6 Å². The minimum Gasteiger partial charge on any atom is -0.271 e. The van der Waals surface area contributed by atoms with Crippen molar-refractivity contribution in [3.63, 3.8) is 0 Å². The van der Waals surface area contributed by atoms with Crippen molar-refractivity contribution < 1.29 is 21.6 Å². The molecule has 14 heavy (non-hydrogen) atoms. The summed E-state index contributed by atoms with van der Waals surface area (Å²) in [5.74, 6) is 4.56. The highest BCUT2D eigenvalue weighted by Gasteiger charge is 2.31. The Bertz CT molecular complexity index is 263. The Morgan fingerprint density at radius 3 is 2.21 bits per heavy atom. The number of rotatable bonds is 5. The maximum Gasteiger partial charge on any atom is 0.390 e. The van der Waals surface area contributed by atoms with Gasteiger partial charge in [-0.05, 0) is 6.42 Å². The number of halogens is 3. The third kappa shape index (κ3) is 8.27. The van der Waals surface area contributed by atoms with Gasteiger partial charge < -0.3 is 0 Å². The molecule has 0 aliphatic rings. The van der Waals surface area contributed by atoms with Crippen LogP contribution in [0.1, 0.15) is 12.8 Å². The molecule has 4 nitrogen and oxygen atoms in total. The van der Waals surface area contributed by atoms with Gasteiger partial charge in [0.15, 0.2) is 0 Å². The molecular formula is C6H13F3N2O2S. The summed E-state index contributed by atoms with van der Waals surface area (Å²) in [4.78, 5) is 0. The number of hydrogen-bond donors (Lipinski definition) is 2. The van der Waals surface area contributed by atoms with Crippen LogP contribution in [0.5, 0.6) is 0 Å². The number of alkyl halides is 3. The van der Waals surface area contributed by atoms with Crippen LogP contribution in [0.4, 0.5) is 13.2 Å². The van der Waals surface area contributed by atoms with Gasteiger partial charge in [0.05, 0.1) is 12.2 Å². The average Bonchev–Trinajstić information content (AvgIpc) is 1.94. The summed E-state index contributed by atoms with van der Waals surface area (Å²) in [6, 6.07) is -1.05. The van der Waals surface area contributed by atoms with E-state index in [4.69, 9.17) is 5.84 Å². The molecular weight excluding hydrogens is 221 g/mol. The van der Waals surface area contributed by atoms with Crippen LogP contribution in [0.2, 0.25) is 0 Å². The predicted octanol–water partition coefficient (Wildman–Crippen LogP) is 0.205. The number of nitrogens with one attached hydrogen (secondary N) is 1. The molecule has 86 valence electrons. The monoisotopic (exact) mass is 234 g/mol. The highest BCUT2D eigenvalue weighted by Crippen LogP contribution is 2.22. The van der Waals surface area contributed by atoms with Crippen LogP contribution in [0.25, 0.3) is 0 Å². The van der Waals surface area contributed by atoms with Crippen LogP contribution >= 0.6 is 0 Å². The van der Waals surface area contributed by atoms with E-state index < -0.39 is 28.5 Å². The second-order valence-corrected chi connectivity index (χ2v) is 5.36. The normalized spacial score (nSPS) is 15.5. The topological polar surface area (TPSA) is 72.2 Å². The Hall–Kier alpha value is -0.340. The highest BCUT2D eigenvalue weighted by atomic mass is 32.2. The molecule has 0 fully saturated rings. The van der Waals surface area contributed by atoms with Crippen molar-refractivity contribution >= 4 is 9.84 Å². The number of nitrogens with two attached hydrogens (primary N) is 1. The van der Waals surface area contributed by atoms with Gasteiger partial charge in [-0.15, -0.1) is 0 Å². The predicted molar refractivity (Wildman–Crippen MR) is 46.1 cm³/mol. The second-order valence-electron chi connectivity index (χ2n) is 3.10. The first-order chi connectivity index (χ1) is 6.14. The van der Waals surface area contributed by atoms with Crippen molar-refractivity contribution in [3.05, 3.63) is 0 Å². The minimum atomic E-state index is -4.34. The van der Waals surface area contributed by atoms with E-state index in [-0.39, 0.29) is 12.2 Å². The lowest BCUT2D eigenvalue weighted by Gasteiger charge is -2.16. The van der Waals surface area contributed by atoms with E-state index in [1.54, 1.807) is 0 Å². The van der Waals surface area contributed by atoms with E-state index in [1.165, 1.54) is 0 Å². The molecule has 0 saturated carbocycles. The fourth-order valence-electron chi connectivity index (χ4n) is 0.880. The van der Waals surface area contributed by atoms with Gasteiger partial charge in [-0.1, -0.05) is 0 Å². The van der Waals surface area contributed by atoms with Gasteiger partial charge in [0.2, 0.25) is 0 Å². The maximum atomic E-state index is 11.9. The third-order valence-electron chi connectivity index (χ3n) is 1.55. The Labute approximate surface area is 80.5 Å². The SMILES string of the molecule is CS(=O)(=O)CCC(CC(F)(F)F)NN. The summed E-state index contributed by atoms with van der Waals surface area (Å²) in [7, 11) is -3.25. The zero-order chi connectivity index (χ0) is 11.4. The van der Waals surface area contributed by atoms with E-state index in [1.807, 2.05) is 5.43 Å². The lowest BCUT2D eigenvalue weighted by atomic mass is 10.1. The molecule has 0 saturated heterocycles. The fraction of sp³-hybridized carbons (Fsp3) is 1.00. The summed E-state index contributed by atoms with van der Waals surface area (Å²) in [6.07, 6.45) is -4.64. The van der Waals surface area contributed by atoms with Gasteiger partial charge in [-0.3, -0.25) is 11.3 Å². The number of hydrazine groups is 1. The molecule has 0 heterocycles. The molecule has 8 heteroatoms.